The number of imidazole rings is 1. The van der Waals surface area contributed by atoms with Gasteiger partial charge in [0.15, 0.2) is 5.03 Å². The minimum atomic E-state index is -3.45. The number of aryl methyl sites for hydroxylation is 1. The molecule has 0 amide bonds. The van der Waals surface area contributed by atoms with E-state index in [1.54, 1.807) is 22.1 Å². The third-order valence-electron chi connectivity index (χ3n) is 5.06. The van der Waals surface area contributed by atoms with Crippen LogP contribution < -0.4 is 0 Å². The minimum absolute atomic E-state index is 0.158. The van der Waals surface area contributed by atoms with Gasteiger partial charge in [-0.3, -0.25) is 4.90 Å². The summed E-state index contributed by atoms with van der Waals surface area (Å²) in [6, 6.07) is 10.4. The summed E-state index contributed by atoms with van der Waals surface area (Å²) in [5.74, 6) is 0.847. The van der Waals surface area contributed by atoms with Gasteiger partial charge in [-0.15, -0.1) is 0 Å². The highest BCUT2D eigenvalue weighted by Crippen LogP contribution is 2.34. The normalized spacial score (nSPS) is 25.2. The second kappa shape index (κ2) is 5.98. The van der Waals surface area contributed by atoms with E-state index < -0.39 is 10.0 Å². The zero-order valence-corrected chi connectivity index (χ0v) is 14.6. The second-order valence-corrected chi connectivity index (χ2v) is 8.78. The molecule has 3 heterocycles. The minimum Gasteiger partial charge on any atom is -0.339 e. The molecular weight excluding hydrogens is 324 g/mol. The quantitative estimate of drug-likeness (QED) is 0.834. The van der Waals surface area contributed by atoms with E-state index >= 15 is 0 Å². The Bertz CT molecular complexity index is 804. The first-order valence-electron chi connectivity index (χ1n) is 8.27. The highest BCUT2D eigenvalue weighted by atomic mass is 32.2. The van der Waals surface area contributed by atoms with Crippen LogP contribution in [0.4, 0.5) is 0 Å². The van der Waals surface area contributed by atoms with Crippen LogP contribution in [0.5, 0.6) is 0 Å². The Kier molecular flexibility index (Phi) is 3.94. The van der Waals surface area contributed by atoms with Crippen LogP contribution in [0.1, 0.15) is 5.56 Å². The number of sulfonamides is 1. The van der Waals surface area contributed by atoms with Gasteiger partial charge in [0.2, 0.25) is 0 Å². The number of fused-ring (bicyclic) bond motifs is 1. The van der Waals surface area contributed by atoms with Gasteiger partial charge in [-0.05, 0) is 17.4 Å². The van der Waals surface area contributed by atoms with Crippen molar-refractivity contribution in [3.05, 3.63) is 48.4 Å². The SMILES string of the molecule is Cn1cnc(S(=O)(=O)N2C[C@H]3CN(Cc4ccccc4)C[C@H]3C2)c1. The van der Waals surface area contributed by atoms with Crippen LogP contribution in [0, 0.1) is 11.8 Å². The maximum Gasteiger partial charge on any atom is 0.262 e. The Labute approximate surface area is 142 Å². The monoisotopic (exact) mass is 346 g/mol. The molecule has 0 saturated carbocycles. The van der Waals surface area contributed by atoms with Gasteiger partial charge in [0.1, 0.15) is 0 Å². The summed E-state index contributed by atoms with van der Waals surface area (Å²) in [5, 5.41) is 0.158. The van der Waals surface area contributed by atoms with E-state index in [1.165, 1.54) is 11.9 Å². The van der Waals surface area contributed by atoms with Gasteiger partial charge in [0.25, 0.3) is 10.0 Å². The van der Waals surface area contributed by atoms with Crippen LogP contribution >= 0.6 is 0 Å². The Hall–Kier alpha value is -1.70. The van der Waals surface area contributed by atoms with Crippen molar-refractivity contribution in [2.45, 2.75) is 11.6 Å². The highest BCUT2D eigenvalue weighted by Gasteiger charge is 2.44. The summed E-state index contributed by atoms with van der Waals surface area (Å²) < 4.78 is 28.7. The number of hydrogen-bond donors (Lipinski definition) is 0. The summed E-state index contributed by atoms with van der Waals surface area (Å²) >= 11 is 0. The molecule has 6 nitrogen and oxygen atoms in total. The summed E-state index contributed by atoms with van der Waals surface area (Å²) in [6.45, 7) is 4.09. The van der Waals surface area contributed by atoms with E-state index in [-0.39, 0.29) is 5.03 Å². The molecule has 2 aliphatic heterocycles. The predicted molar refractivity (Wildman–Crippen MR) is 90.7 cm³/mol. The largest absolute Gasteiger partial charge is 0.339 e. The lowest BCUT2D eigenvalue weighted by Crippen LogP contribution is -2.33. The highest BCUT2D eigenvalue weighted by molar-refractivity contribution is 7.89. The first-order chi connectivity index (χ1) is 11.5. The molecule has 2 aromatic rings. The maximum atomic E-state index is 12.7. The van der Waals surface area contributed by atoms with Crippen molar-refractivity contribution in [2.24, 2.45) is 18.9 Å². The van der Waals surface area contributed by atoms with Crippen LogP contribution in [-0.4, -0.2) is 53.4 Å². The molecular formula is C17H22N4O2S. The van der Waals surface area contributed by atoms with Crippen molar-refractivity contribution >= 4 is 10.0 Å². The number of likely N-dealkylation sites (tertiary alicyclic amines) is 1. The molecule has 2 atom stereocenters. The molecule has 1 aromatic carbocycles. The first-order valence-corrected chi connectivity index (χ1v) is 9.71. The molecule has 0 aliphatic carbocycles. The molecule has 24 heavy (non-hydrogen) atoms. The fraction of sp³-hybridized carbons (Fsp3) is 0.471. The van der Waals surface area contributed by atoms with E-state index in [0.717, 1.165) is 19.6 Å². The molecule has 7 heteroatoms. The number of hydrogen-bond acceptors (Lipinski definition) is 4. The van der Waals surface area contributed by atoms with E-state index in [9.17, 15) is 8.42 Å². The fourth-order valence-electron chi connectivity index (χ4n) is 3.87. The van der Waals surface area contributed by atoms with Crippen molar-refractivity contribution in [3.63, 3.8) is 0 Å². The first kappa shape index (κ1) is 15.8. The average molecular weight is 346 g/mol. The van der Waals surface area contributed by atoms with Gasteiger partial charge < -0.3 is 4.57 Å². The van der Waals surface area contributed by atoms with Gasteiger partial charge in [-0.2, -0.15) is 4.31 Å². The van der Waals surface area contributed by atoms with Crippen LogP contribution in [0.15, 0.2) is 47.9 Å². The smallest absolute Gasteiger partial charge is 0.262 e. The lowest BCUT2D eigenvalue weighted by molar-refractivity contribution is 0.289. The number of benzene rings is 1. The lowest BCUT2D eigenvalue weighted by Gasteiger charge is -2.20. The third-order valence-corrected chi connectivity index (χ3v) is 6.78. The second-order valence-electron chi connectivity index (χ2n) is 6.90. The standard InChI is InChI=1S/C17H22N4O2S/c1-19-12-17(18-13-19)24(22,23)21-10-15-8-20(9-16(15)11-21)7-14-5-3-2-4-6-14/h2-6,12-13,15-16H,7-11H2,1H3/t15-,16+. The Morgan fingerprint density at radius 1 is 1.08 bits per heavy atom. The summed E-state index contributed by atoms with van der Waals surface area (Å²) in [7, 11) is -1.67. The van der Waals surface area contributed by atoms with E-state index in [2.05, 4.69) is 34.1 Å². The topological polar surface area (TPSA) is 58.4 Å². The van der Waals surface area contributed by atoms with Crippen molar-refractivity contribution in [3.8, 4) is 0 Å². The van der Waals surface area contributed by atoms with Crippen LogP contribution in [-0.2, 0) is 23.6 Å². The summed E-state index contributed by atoms with van der Waals surface area (Å²) in [5.41, 5.74) is 1.32. The van der Waals surface area contributed by atoms with Gasteiger partial charge in [0.05, 0.1) is 6.33 Å². The average Bonchev–Trinajstić information content (AvgIpc) is 3.23. The molecule has 2 fully saturated rings. The Morgan fingerprint density at radius 2 is 1.75 bits per heavy atom. The number of aromatic nitrogens is 2. The third kappa shape index (κ3) is 2.87. The molecule has 128 valence electrons. The zero-order valence-electron chi connectivity index (χ0n) is 13.7. The van der Waals surface area contributed by atoms with Gasteiger partial charge >= 0.3 is 0 Å². The van der Waals surface area contributed by atoms with Gasteiger partial charge in [-0.1, -0.05) is 30.3 Å². The van der Waals surface area contributed by atoms with Crippen LogP contribution in [0.2, 0.25) is 0 Å². The molecule has 4 rings (SSSR count). The van der Waals surface area contributed by atoms with Gasteiger partial charge in [0, 0.05) is 46.0 Å². The van der Waals surface area contributed by atoms with E-state index in [0.29, 0.717) is 24.9 Å². The molecule has 2 aliphatic rings. The van der Waals surface area contributed by atoms with Crippen LogP contribution in [0.25, 0.3) is 0 Å². The van der Waals surface area contributed by atoms with Crippen molar-refractivity contribution in [1.29, 1.82) is 0 Å². The zero-order chi connectivity index (χ0) is 16.7. The molecule has 0 unspecified atom stereocenters. The maximum absolute atomic E-state index is 12.7. The lowest BCUT2D eigenvalue weighted by atomic mass is 10.0. The number of nitrogens with zero attached hydrogens (tertiary/aromatic N) is 4. The van der Waals surface area contributed by atoms with Crippen LogP contribution in [0.3, 0.4) is 0 Å². The van der Waals surface area contributed by atoms with E-state index in [4.69, 9.17) is 0 Å². The molecule has 0 N–H and O–H groups in total. The number of rotatable bonds is 4. The molecule has 0 bridgehead atoms. The fourth-order valence-corrected chi connectivity index (χ4v) is 5.39. The molecule has 0 radical (unpaired) electrons. The Balaban J connectivity index is 1.41. The summed E-state index contributed by atoms with van der Waals surface area (Å²) in [6.07, 6.45) is 3.11. The molecule has 2 saturated heterocycles. The Morgan fingerprint density at radius 3 is 2.33 bits per heavy atom. The predicted octanol–water partition coefficient (Wildman–Crippen LogP) is 1.17. The van der Waals surface area contributed by atoms with Crippen molar-refractivity contribution in [2.75, 3.05) is 26.2 Å². The van der Waals surface area contributed by atoms with Gasteiger partial charge in [-0.25, -0.2) is 13.4 Å². The summed E-state index contributed by atoms with van der Waals surface area (Å²) in [4.78, 5) is 6.46. The van der Waals surface area contributed by atoms with E-state index in [1.807, 2.05) is 6.07 Å². The molecule has 0 spiro atoms. The van der Waals surface area contributed by atoms with Crippen molar-refractivity contribution in [1.82, 2.24) is 18.8 Å². The molecule has 1 aromatic heterocycles. The van der Waals surface area contributed by atoms with Crippen molar-refractivity contribution < 1.29 is 8.42 Å².